The lowest BCUT2D eigenvalue weighted by molar-refractivity contribution is -0.153. The molecule has 1 heterocycles. The minimum atomic E-state index is -0.389. The highest BCUT2D eigenvalue weighted by molar-refractivity contribution is 5.94. The van der Waals surface area contributed by atoms with E-state index in [2.05, 4.69) is 24.7 Å². The fourth-order valence-electron chi connectivity index (χ4n) is 1.46. The molecular formula is C12H18O3. The third-order valence-corrected chi connectivity index (χ3v) is 2.78. The Morgan fingerprint density at radius 3 is 2.73 bits per heavy atom. The molecule has 15 heavy (non-hydrogen) atoms. The second-order valence-electron chi connectivity index (χ2n) is 4.15. The Bertz CT molecular complexity index is 268. The van der Waals surface area contributed by atoms with E-state index in [1.165, 1.54) is 0 Å². The molecule has 1 aliphatic rings. The molecule has 1 fully saturated rings. The predicted molar refractivity (Wildman–Crippen MR) is 57.0 cm³/mol. The number of ether oxygens (including phenoxy) is 1. The molecule has 1 aliphatic heterocycles. The van der Waals surface area contributed by atoms with Gasteiger partial charge in [-0.2, -0.15) is 0 Å². The summed E-state index contributed by atoms with van der Waals surface area (Å²) in [5.41, 5.74) is 0. The fraction of sp³-hybridized carbons (Fsp3) is 0.667. The Balaban J connectivity index is 2.25. The van der Waals surface area contributed by atoms with Gasteiger partial charge in [0.15, 0.2) is 0 Å². The number of allylic oxidation sites excluding steroid dienone is 2. The van der Waals surface area contributed by atoms with Gasteiger partial charge in [-0.15, -0.1) is 0 Å². The molecule has 0 aromatic rings. The highest BCUT2D eigenvalue weighted by atomic mass is 16.6. The first-order chi connectivity index (χ1) is 7.13. The Morgan fingerprint density at radius 1 is 1.47 bits per heavy atom. The summed E-state index contributed by atoms with van der Waals surface area (Å²) in [7, 11) is 0. The maximum atomic E-state index is 11.1. The third-order valence-electron chi connectivity index (χ3n) is 2.78. The summed E-state index contributed by atoms with van der Waals surface area (Å²) in [6.07, 6.45) is 7.13. The van der Waals surface area contributed by atoms with Crippen molar-refractivity contribution in [2.75, 3.05) is 0 Å². The van der Waals surface area contributed by atoms with Gasteiger partial charge < -0.3 is 4.74 Å². The van der Waals surface area contributed by atoms with Crippen LogP contribution in [0.2, 0.25) is 0 Å². The van der Waals surface area contributed by atoms with Gasteiger partial charge in [-0.1, -0.05) is 32.4 Å². The lowest BCUT2D eigenvalue weighted by atomic mass is 10.0. The number of hydrogen-bond donors (Lipinski definition) is 0. The average molecular weight is 210 g/mol. The molecule has 0 spiro atoms. The van der Waals surface area contributed by atoms with Gasteiger partial charge in [0.25, 0.3) is 0 Å². The lowest BCUT2D eigenvalue weighted by Gasteiger charge is -2.03. The van der Waals surface area contributed by atoms with Gasteiger partial charge in [-0.25, -0.2) is 0 Å². The molecule has 0 saturated carbocycles. The first-order valence-corrected chi connectivity index (χ1v) is 5.53. The summed E-state index contributed by atoms with van der Waals surface area (Å²) in [6.45, 7) is 4.35. The van der Waals surface area contributed by atoms with Crippen LogP contribution in [0.1, 0.15) is 39.5 Å². The van der Waals surface area contributed by atoms with Crippen molar-refractivity contribution in [3.63, 3.8) is 0 Å². The highest BCUT2D eigenvalue weighted by Gasteiger charge is 2.31. The van der Waals surface area contributed by atoms with Crippen LogP contribution in [0.3, 0.4) is 0 Å². The molecule has 0 radical (unpaired) electrons. The first kappa shape index (κ1) is 12.0. The van der Waals surface area contributed by atoms with Crippen LogP contribution in [0.15, 0.2) is 12.2 Å². The van der Waals surface area contributed by atoms with Gasteiger partial charge in [0.1, 0.15) is 0 Å². The lowest BCUT2D eigenvalue weighted by Crippen LogP contribution is -2.05. The highest BCUT2D eigenvalue weighted by Crippen LogP contribution is 2.20. The summed E-state index contributed by atoms with van der Waals surface area (Å²) in [6, 6.07) is 0. The third kappa shape index (κ3) is 3.86. The van der Waals surface area contributed by atoms with Gasteiger partial charge in [-0.3, -0.25) is 9.59 Å². The molecule has 3 heteroatoms. The Morgan fingerprint density at radius 2 is 2.20 bits per heavy atom. The normalized spacial score (nSPS) is 23.5. The topological polar surface area (TPSA) is 43.4 Å². The van der Waals surface area contributed by atoms with E-state index in [9.17, 15) is 9.59 Å². The van der Waals surface area contributed by atoms with Gasteiger partial charge >= 0.3 is 11.9 Å². The van der Waals surface area contributed by atoms with Crippen molar-refractivity contribution >= 4 is 11.9 Å². The van der Waals surface area contributed by atoms with Crippen LogP contribution in [0.4, 0.5) is 0 Å². The molecule has 0 bridgehead atoms. The van der Waals surface area contributed by atoms with E-state index in [0.29, 0.717) is 12.3 Å². The van der Waals surface area contributed by atoms with E-state index in [1.807, 2.05) is 6.08 Å². The van der Waals surface area contributed by atoms with Crippen LogP contribution in [0.25, 0.3) is 0 Å². The van der Waals surface area contributed by atoms with E-state index >= 15 is 0 Å². The van der Waals surface area contributed by atoms with Gasteiger partial charge in [-0.05, 0) is 18.8 Å². The molecule has 0 amide bonds. The Labute approximate surface area is 90.5 Å². The fourth-order valence-corrected chi connectivity index (χ4v) is 1.46. The molecule has 0 aromatic carbocycles. The quantitative estimate of drug-likeness (QED) is 0.397. The predicted octanol–water partition coefficient (Wildman–Crippen LogP) is 2.46. The van der Waals surface area contributed by atoms with Crippen molar-refractivity contribution in [2.45, 2.75) is 39.5 Å². The number of carbonyl (C=O) groups excluding carboxylic acids is 2. The SMILES string of the molecule is CCC(C)CC=CCC1CC(=O)OC1=O. The smallest absolute Gasteiger partial charge is 0.317 e. The maximum Gasteiger partial charge on any atom is 0.317 e. The van der Waals surface area contributed by atoms with Crippen LogP contribution >= 0.6 is 0 Å². The van der Waals surface area contributed by atoms with Crippen molar-refractivity contribution < 1.29 is 14.3 Å². The number of carbonyl (C=O) groups is 2. The van der Waals surface area contributed by atoms with Gasteiger partial charge in [0, 0.05) is 0 Å². The zero-order valence-electron chi connectivity index (χ0n) is 9.36. The molecule has 1 saturated heterocycles. The molecular weight excluding hydrogens is 192 g/mol. The van der Waals surface area contributed by atoms with Crippen LogP contribution in [0, 0.1) is 11.8 Å². The molecule has 1 rings (SSSR count). The number of esters is 2. The van der Waals surface area contributed by atoms with Crippen LogP contribution in [-0.4, -0.2) is 11.9 Å². The van der Waals surface area contributed by atoms with Crippen molar-refractivity contribution in [2.24, 2.45) is 11.8 Å². The molecule has 2 unspecified atom stereocenters. The van der Waals surface area contributed by atoms with Crippen molar-refractivity contribution in [1.29, 1.82) is 0 Å². The standard InChI is InChI=1S/C12H18O3/c1-3-9(2)6-4-5-7-10-8-11(13)15-12(10)14/h4-5,9-10H,3,6-8H2,1-2H3. The summed E-state index contributed by atoms with van der Waals surface area (Å²) < 4.78 is 4.46. The van der Waals surface area contributed by atoms with E-state index in [4.69, 9.17) is 0 Å². The Kier molecular flexibility index (Phi) is 4.53. The summed E-state index contributed by atoms with van der Waals surface area (Å²) >= 11 is 0. The van der Waals surface area contributed by atoms with Crippen LogP contribution in [0.5, 0.6) is 0 Å². The van der Waals surface area contributed by atoms with E-state index in [0.717, 1.165) is 12.8 Å². The molecule has 3 nitrogen and oxygen atoms in total. The largest absolute Gasteiger partial charge is 0.393 e. The molecule has 0 N–H and O–H groups in total. The monoisotopic (exact) mass is 210 g/mol. The van der Waals surface area contributed by atoms with Crippen molar-refractivity contribution in [3.8, 4) is 0 Å². The average Bonchev–Trinajstić information content (AvgIpc) is 2.52. The number of rotatable bonds is 5. The Hall–Kier alpha value is -1.12. The van der Waals surface area contributed by atoms with E-state index in [1.54, 1.807) is 0 Å². The second kappa shape index (κ2) is 5.69. The van der Waals surface area contributed by atoms with Crippen LogP contribution < -0.4 is 0 Å². The number of hydrogen-bond acceptors (Lipinski definition) is 3. The zero-order valence-corrected chi connectivity index (χ0v) is 9.36. The summed E-state index contributed by atoms with van der Waals surface area (Å²) in [5, 5.41) is 0. The molecule has 0 aromatic heterocycles. The zero-order chi connectivity index (χ0) is 11.3. The number of cyclic esters (lactones) is 2. The molecule has 0 aliphatic carbocycles. The molecule has 84 valence electrons. The van der Waals surface area contributed by atoms with E-state index in [-0.39, 0.29) is 24.3 Å². The van der Waals surface area contributed by atoms with E-state index < -0.39 is 0 Å². The maximum absolute atomic E-state index is 11.1. The summed E-state index contributed by atoms with van der Waals surface area (Å²) in [4.78, 5) is 21.9. The van der Waals surface area contributed by atoms with Gasteiger partial charge in [0.05, 0.1) is 12.3 Å². The second-order valence-corrected chi connectivity index (χ2v) is 4.15. The van der Waals surface area contributed by atoms with Crippen molar-refractivity contribution in [1.82, 2.24) is 0 Å². The first-order valence-electron chi connectivity index (χ1n) is 5.53. The van der Waals surface area contributed by atoms with Crippen LogP contribution in [-0.2, 0) is 14.3 Å². The van der Waals surface area contributed by atoms with Gasteiger partial charge in [0.2, 0.25) is 0 Å². The van der Waals surface area contributed by atoms with Crippen molar-refractivity contribution in [3.05, 3.63) is 12.2 Å². The molecule has 2 atom stereocenters. The minimum absolute atomic E-state index is 0.243. The summed E-state index contributed by atoms with van der Waals surface area (Å²) in [5.74, 6) is -0.322. The minimum Gasteiger partial charge on any atom is -0.393 e.